The Kier molecular flexibility index (Phi) is 4.63. The van der Waals surface area contributed by atoms with Gasteiger partial charge in [0.2, 0.25) is 5.54 Å². The molecular weight excluding hydrogens is 408 g/mol. The maximum absolute atomic E-state index is 13.1. The fourth-order valence-corrected chi connectivity index (χ4v) is 4.25. The summed E-state index contributed by atoms with van der Waals surface area (Å²) in [6.45, 7) is -0.0452. The lowest BCUT2D eigenvalue weighted by Crippen LogP contribution is -2.58. The number of para-hydroxylation sites is 3. The topological polar surface area (TPSA) is 159 Å². The molecule has 1 unspecified atom stereocenters. The third kappa shape index (κ3) is 3.13. The van der Waals surface area contributed by atoms with Gasteiger partial charge in [-0.2, -0.15) is 0 Å². The largest absolute Gasteiger partial charge is 0.367 e. The number of carbonyl (C=O) groups is 2. The number of aromatic nitrogens is 2. The van der Waals surface area contributed by atoms with E-state index in [2.05, 4.69) is 25.6 Å². The average Bonchev–Trinajstić information content (AvgIpc) is 3.32. The SMILES string of the molecule is CS(=O)(=O)c1ccccc1NC(=O)C1=NCNC1(C(N)=O)c1nc2ccccc2[nH]1. The number of nitrogens with two attached hydrogens (primary N) is 1. The number of carbonyl (C=O) groups excluding carboxylic acids is 2. The van der Waals surface area contributed by atoms with Crippen molar-refractivity contribution in [1.82, 2.24) is 15.3 Å². The Balaban J connectivity index is 1.76. The summed E-state index contributed by atoms with van der Waals surface area (Å²) in [7, 11) is -3.60. The zero-order valence-corrected chi connectivity index (χ0v) is 16.7. The third-order valence-electron chi connectivity index (χ3n) is 4.80. The third-order valence-corrected chi connectivity index (χ3v) is 5.96. The van der Waals surface area contributed by atoms with Crippen LogP contribution in [0.5, 0.6) is 0 Å². The van der Waals surface area contributed by atoms with Crippen LogP contribution in [0.3, 0.4) is 0 Å². The van der Waals surface area contributed by atoms with Crippen LogP contribution in [-0.2, 0) is 25.0 Å². The van der Waals surface area contributed by atoms with E-state index in [0.717, 1.165) is 6.26 Å². The minimum atomic E-state index is -3.60. The highest BCUT2D eigenvalue weighted by molar-refractivity contribution is 7.90. The lowest BCUT2D eigenvalue weighted by Gasteiger charge is -2.25. The van der Waals surface area contributed by atoms with Crippen molar-refractivity contribution in [2.45, 2.75) is 10.4 Å². The predicted molar refractivity (Wildman–Crippen MR) is 111 cm³/mol. The van der Waals surface area contributed by atoms with Crippen LogP contribution in [0.1, 0.15) is 5.82 Å². The quantitative estimate of drug-likeness (QED) is 0.459. The number of sulfone groups is 1. The van der Waals surface area contributed by atoms with Gasteiger partial charge in [-0.15, -0.1) is 0 Å². The zero-order valence-electron chi connectivity index (χ0n) is 15.8. The van der Waals surface area contributed by atoms with E-state index in [-0.39, 0.29) is 28.8 Å². The minimum absolute atomic E-state index is 0.0452. The summed E-state index contributed by atoms with van der Waals surface area (Å²) in [5.74, 6) is -1.52. The second kappa shape index (κ2) is 7.04. The maximum Gasteiger partial charge on any atom is 0.272 e. The van der Waals surface area contributed by atoms with Crippen LogP contribution in [-0.4, -0.2) is 48.8 Å². The van der Waals surface area contributed by atoms with Crippen LogP contribution >= 0.6 is 0 Å². The zero-order chi connectivity index (χ0) is 21.5. The molecule has 11 heteroatoms. The van der Waals surface area contributed by atoms with Gasteiger partial charge in [-0.25, -0.2) is 13.4 Å². The molecule has 154 valence electrons. The molecule has 0 bridgehead atoms. The van der Waals surface area contributed by atoms with E-state index in [1.807, 2.05) is 0 Å². The first-order valence-corrected chi connectivity index (χ1v) is 10.8. The molecule has 1 aromatic heterocycles. The van der Waals surface area contributed by atoms with Gasteiger partial charge in [0.05, 0.1) is 28.3 Å². The number of primary amides is 1. The fraction of sp³-hybridized carbons (Fsp3) is 0.158. The molecule has 2 aromatic carbocycles. The van der Waals surface area contributed by atoms with Crippen LogP contribution in [0.25, 0.3) is 11.0 Å². The summed E-state index contributed by atoms with van der Waals surface area (Å²) in [5, 5.41) is 5.39. The number of hydrogen-bond acceptors (Lipinski definition) is 7. The number of H-pyrrole nitrogens is 1. The summed E-state index contributed by atoms with van der Waals surface area (Å²) in [4.78, 5) is 37.1. The molecule has 1 atom stereocenters. The number of hydrogen-bond donors (Lipinski definition) is 4. The van der Waals surface area contributed by atoms with Crippen molar-refractivity contribution in [1.29, 1.82) is 0 Å². The number of nitrogens with zero attached hydrogens (tertiary/aromatic N) is 2. The van der Waals surface area contributed by atoms with Crippen molar-refractivity contribution in [3.63, 3.8) is 0 Å². The molecule has 1 aliphatic rings. The van der Waals surface area contributed by atoms with Gasteiger partial charge in [-0.05, 0) is 24.3 Å². The van der Waals surface area contributed by atoms with Crippen molar-refractivity contribution in [2.75, 3.05) is 18.2 Å². The molecule has 0 spiro atoms. The van der Waals surface area contributed by atoms with Gasteiger partial charge in [-0.3, -0.25) is 19.9 Å². The molecule has 0 radical (unpaired) electrons. The van der Waals surface area contributed by atoms with Gasteiger partial charge in [-0.1, -0.05) is 24.3 Å². The second-order valence-corrected chi connectivity index (χ2v) is 8.77. The average molecular weight is 426 g/mol. The van der Waals surface area contributed by atoms with Gasteiger partial charge in [0.15, 0.2) is 9.84 Å². The molecule has 2 heterocycles. The number of amides is 2. The first-order chi connectivity index (χ1) is 14.2. The van der Waals surface area contributed by atoms with Gasteiger partial charge in [0.1, 0.15) is 11.5 Å². The Morgan fingerprint density at radius 2 is 1.83 bits per heavy atom. The van der Waals surface area contributed by atoms with E-state index in [4.69, 9.17) is 5.73 Å². The molecule has 1 aliphatic heterocycles. The lowest BCUT2D eigenvalue weighted by molar-refractivity contribution is -0.123. The van der Waals surface area contributed by atoms with Crippen LogP contribution in [0, 0.1) is 0 Å². The van der Waals surface area contributed by atoms with Crippen molar-refractivity contribution >= 4 is 44.1 Å². The normalized spacial score (nSPS) is 18.9. The number of nitrogens with one attached hydrogen (secondary N) is 3. The lowest BCUT2D eigenvalue weighted by atomic mass is 9.91. The van der Waals surface area contributed by atoms with Crippen LogP contribution in [0.15, 0.2) is 58.4 Å². The summed E-state index contributed by atoms with van der Waals surface area (Å²) < 4.78 is 24.1. The van der Waals surface area contributed by atoms with E-state index in [1.54, 1.807) is 36.4 Å². The van der Waals surface area contributed by atoms with Crippen molar-refractivity contribution in [3.8, 4) is 0 Å². The highest BCUT2D eigenvalue weighted by Gasteiger charge is 2.52. The minimum Gasteiger partial charge on any atom is -0.367 e. The summed E-state index contributed by atoms with van der Waals surface area (Å²) in [6.07, 6.45) is 1.04. The summed E-state index contributed by atoms with van der Waals surface area (Å²) in [5.41, 5.74) is 5.01. The monoisotopic (exact) mass is 426 g/mol. The van der Waals surface area contributed by atoms with E-state index in [0.29, 0.717) is 11.0 Å². The Morgan fingerprint density at radius 1 is 1.13 bits per heavy atom. The van der Waals surface area contributed by atoms with Crippen molar-refractivity contribution < 1.29 is 18.0 Å². The number of imidazole rings is 1. The van der Waals surface area contributed by atoms with Gasteiger partial charge in [0.25, 0.3) is 11.8 Å². The molecule has 0 fully saturated rings. The van der Waals surface area contributed by atoms with E-state index < -0.39 is 27.2 Å². The number of aliphatic imine (C=N–C) groups is 1. The van der Waals surface area contributed by atoms with Crippen LogP contribution in [0.4, 0.5) is 5.69 Å². The maximum atomic E-state index is 13.1. The molecule has 10 nitrogen and oxygen atoms in total. The number of aromatic amines is 1. The number of benzene rings is 2. The highest BCUT2D eigenvalue weighted by Crippen LogP contribution is 2.28. The van der Waals surface area contributed by atoms with E-state index in [1.165, 1.54) is 12.1 Å². The Labute approximate surface area is 171 Å². The predicted octanol–water partition coefficient (Wildman–Crippen LogP) is 0.287. The molecule has 5 N–H and O–H groups in total. The van der Waals surface area contributed by atoms with Gasteiger partial charge >= 0.3 is 0 Å². The Morgan fingerprint density at radius 3 is 2.53 bits per heavy atom. The Bertz CT molecular complexity index is 1280. The number of rotatable bonds is 5. The molecule has 30 heavy (non-hydrogen) atoms. The molecule has 0 saturated carbocycles. The molecule has 2 amide bonds. The summed E-state index contributed by atoms with van der Waals surface area (Å²) in [6, 6.07) is 13.1. The fourth-order valence-electron chi connectivity index (χ4n) is 3.40. The second-order valence-electron chi connectivity index (χ2n) is 6.78. The molecular formula is C19H18N6O4S. The van der Waals surface area contributed by atoms with Crippen LogP contribution in [0.2, 0.25) is 0 Å². The smallest absolute Gasteiger partial charge is 0.272 e. The van der Waals surface area contributed by atoms with E-state index >= 15 is 0 Å². The van der Waals surface area contributed by atoms with Crippen molar-refractivity contribution in [2.24, 2.45) is 10.7 Å². The highest BCUT2D eigenvalue weighted by atomic mass is 32.2. The van der Waals surface area contributed by atoms with Crippen molar-refractivity contribution in [3.05, 3.63) is 54.4 Å². The molecule has 4 rings (SSSR count). The van der Waals surface area contributed by atoms with Gasteiger partial charge in [0, 0.05) is 6.26 Å². The number of anilines is 1. The standard InChI is InChI=1S/C19H18N6O4S/c1-30(28,29)14-9-5-4-8-13(14)23-16(26)15-19(17(20)27,22-10-21-15)18-24-11-6-2-3-7-12(11)25-18/h2-9,22H,10H2,1H3,(H2,20,27)(H,23,26)(H,24,25). The molecule has 0 aliphatic carbocycles. The molecule has 3 aromatic rings. The summed E-state index contributed by atoms with van der Waals surface area (Å²) >= 11 is 0. The van der Waals surface area contributed by atoms with E-state index in [9.17, 15) is 18.0 Å². The Hall–Kier alpha value is -3.57. The van der Waals surface area contributed by atoms with Crippen LogP contribution < -0.4 is 16.4 Å². The van der Waals surface area contributed by atoms with Gasteiger partial charge < -0.3 is 16.0 Å². The first kappa shape index (κ1) is 19.7. The molecule has 0 saturated heterocycles. The first-order valence-electron chi connectivity index (χ1n) is 8.89. The number of fused-ring (bicyclic) bond motifs is 1.